The first-order chi connectivity index (χ1) is 8.17. The summed E-state index contributed by atoms with van der Waals surface area (Å²) in [6.45, 7) is 8.09. The lowest BCUT2D eigenvalue weighted by Gasteiger charge is -2.40. The lowest BCUT2D eigenvalue weighted by molar-refractivity contribution is 0.0960. The molecule has 1 saturated heterocycles. The van der Waals surface area contributed by atoms with Crippen LogP contribution in [0.4, 0.5) is 0 Å². The molecule has 0 spiro atoms. The Bertz CT molecular complexity index is 200. The molecule has 0 aromatic carbocycles. The van der Waals surface area contributed by atoms with Crippen LogP contribution in [0.15, 0.2) is 0 Å². The molecule has 1 aliphatic heterocycles. The largest absolute Gasteiger partial charge is 0.396 e. The van der Waals surface area contributed by atoms with E-state index in [4.69, 9.17) is 10.2 Å². The molecule has 0 aliphatic carbocycles. The molecular formula is C13H28N2O2. The van der Waals surface area contributed by atoms with Crippen molar-refractivity contribution in [3.05, 3.63) is 0 Å². The van der Waals surface area contributed by atoms with Crippen molar-refractivity contribution in [2.24, 2.45) is 5.92 Å². The van der Waals surface area contributed by atoms with E-state index in [2.05, 4.69) is 24.1 Å². The molecule has 2 unspecified atom stereocenters. The molecule has 1 fully saturated rings. The highest BCUT2D eigenvalue weighted by Gasteiger charge is 2.27. The highest BCUT2D eigenvalue weighted by molar-refractivity contribution is 4.84. The Hall–Kier alpha value is -0.160. The number of likely N-dealkylation sites (tertiary alicyclic amines) is 1. The monoisotopic (exact) mass is 244 g/mol. The maximum atomic E-state index is 9.07. The van der Waals surface area contributed by atoms with E-state index in [0.717, 1.165) is 38.9 Å². The summed E-state index contributed by atoms with van der Waals surface area (Å²) < 4.78 is 0. The van der Waals surface area contributed by atoms with E-state index in [9.17, 15) is 0 Å². The summed E-state index contributed by atoms with van der Waals surface area (Å²) in [7, 11) is 0. The van der Waals surface area contributed by atoms with Gasteiger partial charge in [0.25, 0.3) is 0 Å². The van der Waals surface area contributed by atoms with Gasteiger partial charge in [-0.05, 0) is 45.6 Å². The molecule has 1 rings (SSSR count). The predicted octanol–water partition coefficient (Wildman–Crippen LogP) is 0.440. The van der Waals surface area contributed by atoms with E-state index in [0.29, 0.717) is 24.6 Å². The second kappa shape index (κ2) is 8.03. The zero-order valence-corrected chi connectivity index (χ0v) is 11.2. The van der Waals surface area contributed by atoms with Crippen molar-refractivity contribution >= 4 is 0 Å². The maximum absolute atomic E-state index is 9.07. The molecule has 1 aliphatic rings. The SMILES string of the molecule is CC(C)N1CC(CCO)CC(NCCCO)C1. The summed E-state index contributed by atoms with van der Waals surface area (Å²) in [6.07, 6.45) is 2.87. The molecule has 3 N–H and O–H groups in total. The Morgan fingerprint density at radius 2 is 2.00 bits per heavy atom. The number of nitrogens with one attached hydrogen (secondary N) is 1. The van der Waals surface area contributed by atoms with Gasteiger partial charge in [-0.2, -0.15) is 0 Å². The summed E-state index contributed by atoms with van der Waals surface area (Å²) in [5.74, 6) is 0.600. The molecule has 0 aromatic rings. The van der Waals surface area contributed by atoms with Gasteiger partial charge in [0.1, 0.15) is 0 Å². The van der Waals surface area contributed by atoms with Crippen LogP contribution in [0.2, 0.25) is 0 Å². The molecule has 0 amide bonds. The van der Waals surface area contributed by atoms with Crippen molar-refractivity contribution in [3.63, 3.8) is 0 Å². The minimum Gasteiger partial charge on any atom is -0.396 e. The van der Waals surface area contributed by atoms with Gasteiger partial charge >= 0.3 is 0 Å². The van der Waals surface area contributed by atoms with Crippen molar-refractivity contribution in [2.45, 2.75) is 45.2 Å². The van der Waals surface area contributed by atoms with Gasteiger partial charge in [0, 0.05) is 38.4 Å². The number of hydrogen-bond acceptors (Lipinski definition) is 4. The second-order valence-electron chi connectivity index (χ2n) is 5.39. The summed E-state index contributed by atoms with van der Waals surface area (Å²) in [4.78, 5) is 2.49. The predicted molar refractivity (Wildman–Crippen MR) is 70.0 cm³/mol. The van der Waals surface area contributed by atoms with Gasteiger partial charge in [0.15, 0.2) is 0 Å². The van der Waals surface area contributed by atoms with Crippen LogP contribution in [0.1, 0.15) is 33.1 Å². The minimum absolute atomic E-state index is 0.258. The van der Waals surface area contributed by atoms with E-state index in [1.165, 1.54) is 0 Å². The molecule has 0 aromatic heterocycles. The Balaban J connectivity index is 2.40. The number of aliphatic hydroxyl groups excluding tert-OH is 2. The van der Waals surface area contributed by atoms with Gasteiger partial charge in [0.05, 0.1) is 0 Å². The van der Waals surface area contributed by atoms with Gasteiger partial charge in [-0.25, -0.2) is 0 Å². The minimum atomic E-state index is 0.258. The lowest BCUT2D eigenvalue weighted by atomic mass is 9.91. The van der Waals surface area contributed by atoms with Crippen molar-refractivity contribution < 1.29 is 10.2 Å². The zero-order valence-electron chi connectivity index (χ0n) is 11.2. The number of aliphatic hydroxyl groups is 2. The maximum Gasteiger partial charge on any atom is 0.0443 e. The number of hydrogen-bond donors (Lipinski definition) is 3. The first-order valence-corrected chi connectivity index (χ1v) is 6.86. The third-order valence-corrected chi connectivity index (χ3v) is 3.60. The highest BCUT2D eigenvalue weighted by atomic mass is 16.3. The smallest absolute Gasteiger partial charge is 0.0443 e. The van der Waals surface area contributed by atoms with Gasteiger partial charge in [-0.3, -0.25) is 4.90 Å². The molecule has 0 bridgehead atoms. The van der Waals surface area contributed by atoms with Gasteiger partial charge in [-0.1, -0.05) is 0 Å². The first kappa shape index (κ1) is 14.9. The topological polar surface area (TPSA) is 55.7 Å². The van der Waals surface area contributed by atoms with Crippen molar-refractivity contribution in [1.29, 1.82) is 0 Å². The van der Waals surface area contributed by atoms with Crippen LogP contribution in [0.5, 0.6) is 0 Å². The van der Waals surface area contributed by atoms with E-state index in [-0.39, 0.29) is 6.61 Å². The molecule has 1 heterocycles. The average molecular weight is 244 g/mol. The van der Waals surface area contributed by atoms with E-state index >= 15 is 0 Å². The molecule has 0 saturated carbocycles. The summed E-state index contributed by atoms with van der Waals surface area (Å²) in [6, 6.07) is 1.08. The van der Waals surface area contributed by atoms with Crippen molar-refractivity contribution in [3.8, 4) is 0 Å². The van der Waals surface area contributed by atoms with Crippen LogP contribution in [-0.2, 0) is 0 Å². The van der Waals surface area contributed by atoms with Crippen molar-refractivity contribution in [2.75, 3.05) is 32.8 Å². The normalized spacial score (nSPS) is 26.6. The Morgan fingerprint density at radius 3 is 2.59 bits per heavy atom. The fraction of sp³-hybridized carbons (Fsp3) is 1.00. The van der Waals surface area contributed by atoms with Crippen LogP contribution < -0.4 is 5.32 Å². The van der Waals surface area contributed by atoms with Gasteiger partial charge < -0.3 is 15.5 Å². The molecule has 4 nitrogen and oxygen atoms in total. The molecule has 4 heteroatoms. The van der Waals surface area contributed by atoms with Gasteiger partial charge in [-0.15, -0.1) is 0 Å². The lowest BCUT2D eigenvalue weighted by Crippen LogP contribution is -2.51. The molecule has 2 atom stereocenters. The van der Waals surface area contributed by atoms with E-state index in [1.54, 1.807) is 0 Å². The van der Waals surface area contributed by atoms with E-state index < -0.39 is 0 Å². The van der Waals surface area contributed by atoms with Crippen LogP contribution in [-0.4, -0.2) is 60.0 Å². The Labute approximate surface area is 105 Å². The van der Waals surface area contributed by atoms with E-state index in [1.807, 2.05) is 0 Å². The second-order valence-corrected chi connectivity index (χ2v) is 5.39. The third kappa shape index (κ3) is 5.34. The summed E-state index contributed by atoms with van der Waals surface area (Å²) in [5.41, 5.74) is 0. The molecule has 102 valence electrons. The molecule has 0 radical (unpaired) electrons. The first-order valence-electron chi connectivity index (χ1n) is 6.86. The standard InChI is InChI=1S/C13H28N2O2/c1-11(2)15-9-12(4-7-17)8-13(10-15)14-5-3-6-16/h11-14,16-17H,3-10H2,1-2H3. The fourth-order valence-corrected chi connectivity index (χ4v) is 2.59. The van der Waals surface area contributed by atoms with Gasteiger partial charge in [0.2, 0.25) is 0 Å². The Morgan fingerprint density at radius 1 is 1.24 bits per heavy atom. The average Bonchev–Trinajstić information content (AvgIpc) is 2.29. The number of piperidine rings is 1. The van der Waals surface area contributed by atoms with Crippen LogP contribution in [0, 0.1) is 5.92 Å². The summed E-state index contributed by atoms with van der Waals surface area (Å²) >= 11 is 0. The quantitative estimate of drug-likeness (QED) is 0.569. The zero-order chi connectivity index (χ0) is 12.7. The van der Waals surface area contributed by atoms with Crippen LogP contribution in [0.25, 0.3) is 0 Å². The summed E-state index contributed by atoms with van der Waals surface area (Å²) in [5, 5.41) is 21.4. The molecule has 17 heavy (non-hydrogen) atoms. The fourth-order valence-electron chi connectivity index (χ4n) is 2.59. The van der Waals surface area contributed by atoms with Crippen molar-refractivity contribution in [1.82, 2.24) is 10.2 Å². The Kier molecular flexibility index (Phi) is 7.04. The van der Waals surface area contributed by atoms with Crippen LogP contribution in [0.3, 0.4) is 0 Å². The number of nitrogens with zero attached hydrogens (tertiary/aromatic N) is 1. The number of rotatable bonds is 7. The highest BCUT2D eigenvalue weighted by Crippen LogP contribution is 2.21. The van der Waals surface area contributed by atoms with Crippen LogP contribution >= 0.6 is 0 Å². The molecular weight excluding hydrogens is 216 g/mol. The third-order valence-electron chi connectivity index (χ3n) is 3.60.